The molecule has 0 spiro atoms. The molecule has 0 radical (unpaired) electrons. The van der Waals surface area contributed by atoms with Gasteiger partial charge in [-0.05, 0) is 18.1 Å². The quantitative estimate of drug-likeness (QED) is 0.275. The number of hydrogen-bond donors (Lipinski definition) is 2. The van der Waals surface area contributed by atoms with Gasteiger partial charge in [0.1, 0.15) is 17.8 Å². The zero-order valence-electron chi connectivity index (χ0n) is 15.6. The molecule has 4 rings (SSSR count). The third-order valence-electron chi connectivity index (χ3n) is 4.50. The molecule has 0 atom stereocenters. The van der Waals surface area contributed by atoms with Crippen LogP contribution in [0.2, 0.25) is 0 Å². The Hall–Kier alpha value is -3.93. The number of nitrogens with zero attached hydrogens (tertiary/aromatic N) is 2. The standard InChI is InChI=1S/C23H19N3O3/c27-20(14-21(28)23-24-15-25-26-23)19-13-18(12-11-16-7-3-1-4-8-16)29-22(19)17-9-5-2-6-10-17/h1-10,13-15,28H,11-12H2,(H,24,25,26). The number of ketones is 1. The average Bonchev–Trinajstić information content (AvgIpc) is 3.44. The Morgan fingerprint density at radius 1 is 1.03 bits per heavy atom. The summed E-state index contributed by atoms with van der Waals surface area (Å²) in [6.45, 7) is 0. The maximum absolute atomic E-state index is 12.9. The molecule has 0 aliphatic carbocycles. The van der Waals surface area contributed by atoms with Crippen molar-refractivity contribution < 1.29 is 14.3 Å². The van der Waals surface area contributed by atoms with Crippen LogP contribution in [0.25, 0.3) is 17.1 Å². The van der Waals surface area contributed by atoms with Gasteiger partial charge < -0.3 is 9.52 Å². The zero-order chi connectivity index (χ0) is 20.1. The van der Waals surface area contributed by atoms with Crippen molar-refractivity contribution in [2.45, 2.75) is 12.8 Å². The lowest BCUT2D eigenvalue weighted by atomic mass is 10.0. The number of benzene rings is 2. The van der Waals surface area contributed by atoms with Crippen molar-refractivity contribution in [3.8, 4) is 11.3 Å². The van der Waals surface area contributed by atoms with E-state index in [9.17, 15) is 9.90 Å². The summed E-state index contributed by atoms with van der Waals surface area (Å²) in [4.78, 5) is 16.7. The molecular formula is C23H19N3O3. The van der Waals surface area contributed by atoms with E-state index < -0.39 is 0 Å². The van der Waals surface area contributed by atoms with E-state index in [1.807, 2.05) is 48.5 Å². The monoisotopic (exact) mass is 385 g/mol. The maximum atomic E-state index is 12.9. The molecule has 0 aliphatic heterocycles. The van der Waals surface area contributed by atoms with Crippen LogP contribution in [-0.4, -0.2) is 26.1 Å². The van der Waals surface area contributed by atoms with Gasteiger partial charge >= 0.3 is 0 Å². The van der Waals surface area contributed by atoms with E-state index in [2.05, 4.69) is 27.3 Å². The van der Waals surface area contributed by atoms with Gasteiger partial charge in [-0.15, -0.1) is 0 Å². The second-order valence-electron chi connectivity index (χ2n) is 6.52. The van der Waals surface area contributed by atoms with Crippen LogP contribution in [0.5, 0.6) is 0 Å². The number of aryl methyl sites for hydroxylation is 2. The highest BCUT2D eigenvalue weighted by molar-refractivity contribution is 6.11. The predicted octanol–water partition coefficient (Wildman–Crippen LogP) is 4.63. The first-order chi connectivity index (χ1) is 14.2. The van der Waals surface area contributed by atoms with Gasteiger partial charge in [0.05, 0.1) is 5.56 Å². The summed E-state index contributed by atoms with van der Waals surface area (Å²) in [7, 11) is 0. The summed E-state index contributed by atoms with van der Waals surface area (Å²) in [6, 6.07) is 21.3. The number of carbonyl (C=O) groups is 1. The molecule has 2 aromatic heterocycles. The summed E-state index contributed by atoms with van der Waals surface area (Å²) in [6.07, 6.45) is 3.91. The molecule has 0 aliphatic rings. The lowest BCUT2D eigenvalue weighted by Crippen LogP contribution is -1.98. The second-order valence-corrected chi connectivity index (χ2v) is 6.52. The number of aliphatic hydroxyl groups excluding tert-OH is 1. The number of allylic oxidation sites excluding steroid dienone is 1. The molecule has 6 heteroatoms. The molecule has 29 heavy (non-hydrogen) atoms. The Labute approximate surface area is 167 Å². The topological polar surface area (TPSA) is 92.0 Å². The van der Waals surface area contributed by atoms with E-state index in [4.69, 9.17) is 4.42 Å². The van der Waals surface area contributed by atoms with Crippen LogP contribution in [-0.2, 0) is 12.8 Å². The molecule has 0 fully saturated rings. The molecule has 2 N–H and O–H groups in total. The summed E-state index contributed by atoms with van der Waals surface area (Å²) >= 11 is 0. The number of carbonyl (C=O) groups excluding carboxylic acids is 1. The van der Waals surface area contributed by atoms with Gasteiger partial charge in [0.25, 0.3) is 0 Å². The molecule has 144 valence electrons. The Bertz CT molecular complexity index is 1110. The molecule has 0 saturated heterocycles. The Balaban J connectivity index is 1.65. The van der Waals surface area contributed by atoms with Crippen LogP contribution in [0.3, 0.4) is 0 Å². The van der Waals surface area contributed by atoms with Crippen molar-refractivity contribution in [2.24, 2.45) is 0 Å². The summed E-state index contributed by atoms with van der Waals surface area (Å²) < 4.78 is 6.05. The normalized spacial score (nSPS) is 11.5. The number of aliphatic hydroxyl groups is 1. The molecule has 2 aromatic carbocycles. The fraction of sp³-hybridized carbons (Fsp3) is 0.0870. The van der Waals surface area contributed by atoms with Crippen LogP contribution >= 0.6 is 0 Å². The molecule has 0 amide bonds. The Morgan fingerprint density at radius 3 is 2.45 bits per heavy atom. The Kier molecular flexibility index (Phi) is 5.33. The first-order valence-electron chi connectivity index (χ1n) is 9.24. The van der Waals surface area contributed by atoms with Gasteiger partial charge in [-0.1, -0.05) is 60.7 Å². The van der Waals surface area contributed by atoms with Crippen LogP contribution in [0.4, 0.5) is 0 Å². The lowest BCUT2D eigenvalue weighted by molar-refractivity contribution is 0.104. The fourth-order valence-corrected chi connectivity index (χ4v) is 3.06. The third kappa shape index (κ3) is 4.32. The number of rotatable bonds is 7. The minimum atomic E-state index is -0.374. The van der Waals surface area contributed by atoms with E-state index in [0.717, 1.165) is 18.1 Å². The second kappa shape index (κ2) is 8.39. The van der Waals surface area contributed by atoms with E-state index in [-0.39, 0.29) is 17.4 Å². The SMILES string of the molecule is O=C(C=C(O)c1nc[nH]n1)c1cc(CCc2ccccc2)oc1-c1ccccc1. The van der Waals surface area contributed by atoms with Gasteiger partial charge in [-0.25, -0.2) is 4.98 Å². The minimum Gasteiger partial charge on any atom is -0.504 e. The number of aromatic amines is 1. The van der Waals surface area contributed by atoms with E-state index in [0.29, 0.717) is 23.5 Å². The largest absolute Gasteiger partial charge is 0.504 e. The summed E-state index contributed by atoms with van der Waals surface area (Å²) in [5, 5.41) is 16.4. The fourth-order valence-electron chi connectivity index (χ4n) is 3.06. The lowest BCUT2D eigenvalue weighted by Gasteiger charge is -2.01. The molecule has 2 heterocycles. The number of aromatic nitrogens is 3. The average molecular weight is 385 g/mol. The van der Waals surface area contributed by atoms with E-state index in [1.165, 1.54) is 11.9 Å². The van der Waals surface area contributed by atoms with Crippen molar-refractivity contribution in [1.82, 2.24) is 15.2 Å². The smallest absolute Gasteiger partial charge is 0.215 e. The maximum Gasteiger partial charge on any atom is 0.215 e. The van der Waals surface area contributed by atoms with Crippen molar-refractivity contribution in [3.05, 3.63) is 102 Å². The number of H-pyrrole nitrogens is 1. The molecule has 0 unspecified atom stereocenters. The van der Waals surface area contributed by atoms with Gasteiger partial charge in [-0.2, -0.15) is 5.10 Å². The van der Waals surface area contributed by atoms with Gasteiger partial charge in [0.15, 0.2) is 11.5 Å². The first-order valence-corrected chi connectivity index (χ1v) is 9.24. The van der Waals surface area contributed by atoms with E-state index in [1.54, 1.807) is 6.07 Å². The van der Waals surface area contributed by atoms with Gasteiger partial charge in [-0.3, -0.25) is 9.89 Å². The zero-order valence-corrected chi connectivity index (χ0v) is 15.6. The molecule has 0 bridgehead atoms. The van der Waals surface area contributed by atoms with Crippen molar-refractivity contribution in [1.29, 1.82) is 0 Å². The summed E-state index contributed by atoms with van der Waals surface area (Å²) in [5.41, 5.74) is 2.38. The first kappa shape index (κ1) is 18.4. The molecule has 6 nitrogen and oxygen atoms in total. The Morgan fingerprint density at radius 2 is 1.76 bits per heavy atom. The number of nitrogens with one attached hydrogen (secondary N) is 1. The predicted molar refractivity (Wildman–Crippen MR) is 109 cm³/mol. The van der Waals surface area contributed by atoms with Crippen molar-refractivity contribution in [2.75, 3.05) is 0 Å². The van der Waals surface area contributed by atoms with Crippen LogP contribution in [0, 0.1) is 0 Å². The highest BCUT2D eigenvalue weighted by Gasteiger charge is 2.19. The van der Waals surface area contributed by atoms with Crippen molar-refractivity contribution >= 4 is 11.5 Å². The highest BCUT2D eigenvalue weighted by Crippen LogP contribution is 2.29. The molecular weight excluding hydrogens is 366 g/mol. The minimum absolute atomic E-state index is 0.0624. The third-order valence-corrected chi connectivity index (χ3v) is 4.50. The highest BCUT2D eigenvalue weighted by atomic mass is 16.3. The van der Waals surface area contributed by atoms with Gasteiger partial charge in [0, 0.05) is 18.1 Å². The van der Waals surface area contributed by atoms with Crippen LogP contribution < -0.4 is 0 Å². The molecule has 4 aromatic rings. The van der Waals surface area contributed by atoms with Gasteiger partial charge in [0.2, 0.25) is 5.82 Å². The van der Waals surface area contributed by atoms with Crippen LogP contribution in [0.15, 0.2) is 83.6 Å². The van der Waals surface area contributed by atoms with E-state index >= 15 is 0 Å². The van der Waals surface area contributed by atoms with Crippen molar-refractivity contribution in [3.63, 3.8) is 0 Å². The van der Waals surface area contributed by atoms with Crippen LogP contribution in [0.1, 0.15) is 27.5 Å². The summed E-state index contributed by atoms with van der Waals surface area (Å²) in [5.74, 6) is 0.579. The molecule has 0 saturated carbocycles. The number of hydrogen-bond acceptors (Lipinski definition) is 5. The number of furan rings is 1.